The smallest absolute Gasteiger partial charge is 0.161 e. The van der Waals surface area contributed by atoms with E-state index in [1.807, 2.05) is 18.2 Å². The standard InChI is InChI=1S/C13H19NO2/c1-10-2-5-12(15-7-6-14)13(8-10)16-9-11-3-4-11/h2,5,8,11H,3-4,6-7,9,14H2,1H3. The Balaban J connectivity index is 2.01. The SMILES string of the molecule is Cc1ccc(OCCN)c(OCC2CC2)c1. The van der Waals surface area contributed by atoms with E-state index in [2.05, 4.69) is 6.92 Å². The number of nitrogens with two attached hydrogens (primary N) is 1. The van der Waals surface area contributed by atoms with Crippen LogP contribution in [-0.4, -0.2) is 19.8 Å². The molecule has 3 nitrogen and oxygen atoms in total. The van der Waals surface area contributed by atoms with Crippen LogP contribution in [-0.2, 0) is 0 Å². The molecule has 0 radical (unpaired) electrons. The van der Waals surface area contributed by atoms with E-state index in [0.717, 1.165) is 24.0 Å². The lowest BCUT2D eigenvalue weighted by molar-refractivity contribution is 0.263. The van der Waals surface area contributed by atoms with E-state index in [1.165, 1.54) is 18.4 Å². The number of benzene rings is 1. The third-order valence-corrected chi connectivity index (χ3v) is 2.65. The number of hydrogen-bond acceptors (Lipinski definition) is 3. The van der Waals surface area contributed by atoms with Crippen LogP contribution in [0, 0.1) is 12.8 Å². The largest absolute Gasteiger partial charge is 0.489 e. The van der Waals surface area contributed by atoms with Gasteiger partial charge in [0, 0.05) is 6.54 Å². The van der Waals surface area contributed by atoms with E-state index in [1.54, 1.807) is 0 Å². The van der Waals surface area contributed by atoms with Crippen molar-refractivity contribution in [3.05, 3.63) is 23.8 Å². The third kappa shape index (κ3) is 3.14. The Hall–Kier alpha value is -1.22. The Labute approximate surface area is 96.5 Å². The molecule has 2 rings (SSSR count). The van der Waals surface area contributed by atoms with Gasteiger partial charge in [-0.1, -0.05) is 6.07 Å². The summed E-state index contributed by atoms with van der Waals surface area (Å²) in [5.74, 6) is 2.40. The van der Waals surface area contributed by atoms with Crippen molar-refractivity contribution in [3.63, 3.8) is 0 Å². The maximum atomic E-state index is 5.77. The van der Waals surface area contributed by atoms with Crippen molar-refractivity contribution >= 4 is 0 Å². The molecule has 0 amide bonds. The van der Waals surface area contributed by atoms with Crippen LogP contribution >= 0.6 is 0 Å². The second kappa shape index (κ2) is 5.21. The van der Waals surface area contributed by atoms with Crippen molar-refractivity contribution in [2.75, 3.05) is 19.8 Å². The van der Waals surface area contributed by atoms with Gasteiger partial charge >= 0.3 is 0 Å². The summed E-state index contributed by atoms with van der Waals surface area (Å²) in [5.41, 5.74) is 6.61. The monoisotopic (exact) mass is 221 g/mol. The van der Waals surface area contributed by atoms with Crippen LogP contribution in [0.2, 0.25) is 0 Å². The van der Waals surface area contributed by atoms with Crippen LogP contribution in [0.1, 0.15) is 18.4 Å². The van der Waals surface area contributed by atoms with Gasteiger partial charge in [-0.3, -0.25) is 0 Å². The molecular weight excluding hydrogens is 202 g/mol. The molecule has 1 aliphatic carbocycles. The Bertz CT molecular complexity index is 348. The van der Waals surface area contributed by atoms with Gasteiger partial charge in [-0.25, -0.2) is 0 Å². The molecule has 1 aromatic carbocycles. The second-order valence-corrected chi connectivity index (χ2v) is 4.34. The fourth-order valence-electron chi connectivity index (χ4n) is 1.51. The molecule has 2 N–H and O–H groups in total. The third-order valence-electron chi connectivity index (χ3n) is 2.65. The van der Waals surface area contributed by atoms with E-state index in [4.69, 9.17) is 15.2 Å². The minimum atomic E-state index is 0.524. The van der Waals surface area contributed by atoms with Crippen LogP contribution in [0.4, 0.5) is 0 Å². The molecule has 0 aliphatic heterocycles. The average molecular weight is 221 g/mol. The number of ether oxygens (including phenoxy) is 2. The summed E-state index contributed by atoms with van der Waals surface area (Å²) in [6, 6.07) is 6.00. The Morgan fingerprint density at radius 2 is 2.06 bits per heavy atom. The summed E-state index contributed by atoms with van der Waals surface area (Å²) in [6.07, 6.45) is 2.59. The molecular formula is C13H19NO2. The highest BCUT2D eigenvalue weighted by Gasteiger charge is 2.22. The van der Waals surface area contributed by atoms with Crippen molar-refractivity contribution in [2.24, 2.45) is 11.7 Å². The summed E-state index contributed by atoms with van der Waals surface area (Å²) in [5, 5.41) is 0. The number of aryl methyl sites for hydroxylation is 1. The summed E-state index contributed by atoms with van der Waals surface area (Å²) in [7, 11) is 0. The lowest BCUT2D eigenvalue weighted by Crippen LogP contribution is -2.11. The van der Waals surface area contributed by atoms with Crippen molar-refractivity contribution in [3.8, 4) is 11.5 Å². The molecule has 1 aromatic rings. The van der Waals surface area contributed by atoms with Crippen LogP contribution < -0.4 is 15.2 Å². The number of rotatable bonds is 6. The average Bonchev–Trinajstić information content (AvgIpc) is 3.09. The molecule has 0 bridgehead atoms. The Morgan fingerprint density at radius 1 is 1.25 bits per heavy atom. The molecule has 0 atom stereocenters. The zero-order chi connectivity index (χ0) is 11.4. The van der Waals surface area contributed by atoms with Crippen LogP contribution in [0.25, 0.3) is 0 Å². The van der Waals surface area contributed by atoms with Gasteiger partial charge < -0.3 is 15.2 Å². The van der Waals surface area contributed by atoms with Crippen molar-refractivity contribution in [1.29, 1.82) is 0 Å². The minimum absolute atomic E-state index is 0.524. The highest BCUT2D eigenvalue weighted by Crippen LogP contribution is 2.33. The number of hydrogen-bond donors (Lipinski definition) is 1. The van der Waals surface area contributed by atoms with Crippen molar-refractivity contribution < 1.29 is 9.47 Å². The molecule has 0 aromatic heterocycles. The van der Waals surface area contributed by atoms with Gasteiger partial charge in [0.05, 0.1) is 6.61 Å². The predicted octanol–water partition coefficient (Wildman–Crippen LogP) is 2.12. The van der Waals surface area contributed by atoms with Gasteiger partial charge in [-0.2, -0.15) is 0 Å². The summed E-state index contributed by atoms with van der Waals surface area (Å²) in [4.78, 5) is 0. The van der Waals surface area contributed by atoms with Crippen molar-refractivity contribution in [1.82, 2.24) is 0 Å². The summed E-state index contributed by atoms with van der Waals surface area (Å²) < 4.78 is 11.3. The topological polar surface area (TPSA) is 44.5 Å². The van der Waals surface area contributed by atoms with Gasteiger partial charge in [0.1, 0.15) is 6.61 Å². The van der Waals surface area contributed by atoms with Gasteiger partial charge in [-0.05, 0) is 43.4 Å². The zero-order valence-corrected chi connectivity index (χ0v) is 9.74. The molecule has 1 aliphatic rings. The fourth-order valence-corrected chi connectivity index (χ4v) is 1.51. The van der Waals surface area contributed by atoms with Crippen LogP contribution in [0.15, 0.2) is 18.2 Å². The molecule has 0 unspecified atom stereocenters. The first-order chi connectivity index (χ1) is 7.79. The van der Waals surface area contributed by atoms with E-state index < -0.39 is 0 Å². The molecule has 88 valence electrons. The Kier molecular flexibility index (Phi) is 3.67. The van der Waals surface area contributed by atoms with Crippen molar-refractivity contribution in [2.45, 2.75) is 19.8 Å². The molecule has 3 heteroatoms. The first kappa shape index (κ1) is 11.3. The summed E-state index contributed by atoms with van der Waals surface area (Å²) >= 11 is 0. The first-order valence-electron chi connectivity index (χ1n) is 5.86. The lowest BCUT2D eigenvalue weighted by Gasteiger charge is -2.12. The first-order valence-corrected chi connectivity index (χ1v) is 5.86. The van der Waals surface area contributed by atoms with E-state index in [-0.39, 0.29) is 0 Å². The van der Waals surface area contributed by atoms with Crippen LogP contribution in [0.5, 0.6) is 11.5 Å². The van der Waals surface area contributed by atoms with E-state index in [0.29, 0.717) is 13.2 Å². The summed E-state index contributed by atoms with van der Waals surface area (Å²) in [6.45, 7) is 3.91. The second-order valence-electron chi connectivity index (χ2n) is 4.34. The maximum Gasteiger partial charge on any atom is 0.161 e. The highest BCUT2D eigenvalue weighted by atomic mass is 16.5. The van der Waals surface area contributed by atoms with Gasteiger partial charge in [0.25, 0.3) is 0 Å². The lowest BCUT2D eigenvalue weighted by atomic mass is 10.2. The van der Waals surface area contributed by atoms with E-state index >= 15 is 0 Å². The predicted molar refractivity (Wildman–Crippen MR) is 63.9 cm³/mol. The molecule has 1 fully saturated rings. The quantitative estimate of drug-likeness (QED) is 0.800. The molecule has 16 heavy (non-hydrogen) atoms. The highest BCUT2D eigenvalue weighted by molar-refractivity contribution is 5.42. The Morgan fingerprint density at radius 3 is 2.75 bits per heavy atom. The van der Waals surface area contributed by atoms with Gasteiger partial charge in [0.2, 0.25) is 0 Å². The van der Waals surface area contributed by atoms with E-state index in [9.17, 15) is 0 Å². The minimum Gasteiger partial charge on any atom is -0.489 e. The molecule has 0 heterocycles. The molecule has 0 saturated heterocycles. The molecule has 0 spiro atoms. The van der Waals surface area contributed by atoms with Gasteiger partial charge in [0.15, 0.2) is 11.5 Å². The maximum absolute atomic E-state index is 5.77. The normalized spacial score (nSPS) is 14.9. The van der Waals surface area contributed by atoms with Crippen LogP contribution in [0.3, 0.4) is 0 Å². The zero-order valence-electron chi connectivity index (χ0n) is 9.74. The molecule has 1 saturated carbocycles. The van der Waals surface area contributed by atoms with Gasteiger partial charge in [-0.15, -0.1) is 0 Å². The fraction of sp³-hybridized carbons (Fsp3) is 0.538.